The zero-order valence-corrected chi connectivity index (χ0v) is 15.0. The van der Waals surface area contributed by atoms with Crippen molar-refractivity contribution in [2.75, 3.05) is 6.66 Å². The summed E-state index contributed by atoms with van der Waals surface area (Å²) in [5, 5.41) is 14.1. The molecule has 1 unspecified atom stereocenters. The Morgan fingerprint density at radius 3 is 2.08 bits per heavy atom. The van der Waals surface area contributed by atoms with Gasteiger partial charge in [-0.05, 0) is 24.3 Å². The Labute approximate surface area is 198 Å². The fraction of sp³-hybridized carbons (Fsp3) is 0.500. The molecule has 0 bridgehead atoms. The second kappa shape index (κ2) is 13.5. The van der Waals surface area contributed by atoms with E-state index in [-0.39, 0.29) is 77.9 Å². The Morgan fingerprint density at radius 2 is 1.65 bits per heavy atom. The number of hydrogen-bond donors (Lipinski definition) is 4. The molecule has 0 saturated carbocycles. The Balaban J connectivity index is 0. The van der Waals surface area contributed by atoms with Crippen molar-refractivity contribution in [3.8, 4) is 0 Å². The molecule has 7 nitrogen and oxygen atoms in total. The third-order valence-corrected chi connectivity index (χ3v) is 4.11. The van der Waals surface area contributed by atoms with Crippen molar-refractivity contribution in [2.24, 2.45) is 5.92 Å². The van der Waals surface area contributed by atoms with Crippen LogP contribution >= 0.6 is 7.52 Å². The van der Waals surface area contributed by atoms with Crippen molar-refractivity contribution in [1.29, 1.82) is 0 Å². The van der Waals surface area contributed by atoms with Crippen molar-refractivity contribution in [3.05, 3.63) is 35.9 Å². The molecule has 0 radical (unpaired) electrons. The molecule has 1 aromatic rings. The average molecular weight is 404 g/mol. The van der Waals surface area contributed by atoms with Crippen LogP contribution in [0.3, 0.4) is 0 Å². The first-order valence-corrected chi connectivity index (χ1v) is 9.84. The maximum absolute atomic E-state index is 12.5. The minimum atomic E-state index is -3.67. The van der Waals surface area contributed by atoms with Gasteiger partial charge in [-0.3, -0.25) is 9.36 Å². The first-order chi connectivity index (χ1) is 11.1. The molecule has 0 spiro atoms. The number of aliphatic carboxylic acids is 1. The van der Waals surface area contributed by atoms with Crippen molar-refractivity contribution in [2.45, 2.75) is 38.8 Å². The van der Waals surface area contributed by atoms with Crippen LogP contribution in [-0.4, -0.2) is 99.7 Å². The first kappa shape index (κ1) is 28.5. The van der Waals surface area contributed by atoms with Gasteiger partial charge in [0.25, 0.3) is 7.52 Å². The summed E-state index contributed by atoms with van der Waals surface area (Å²) in [6, 6.07) is 6.98. The molecule has 0 saturated heterocycles. The van der Waals surface area contributed by atoms with Crippen LogP contribution in [0, 0.1) is 5.92 Å². The third-order valence-electron chi connectivity index (χ3n) is 3.32. The number of amides is 1. The van der Waals surface area contributed by atoms with Gasteiger partial charge in [0.15, 0.2) is 0 Å². The monoisotopic (exact) mass is 404 g/mol. The predicted octanol–water partition coefficient (Wildman–Crippen LogP) is 0.321. The van der Waals surface area contributed by atoms with E-state index in [9.17, 15) is 24.2 Å². The van der Waals surface area contributed by atoms with E-state index < -0.39 is 31.5 Å². The Morgan fingerprint density at radius 1 is 1.12 bits per heavy atom. The van der Waals surface area contributed by atoms with E-state index in [1.165, 1.54) is 0 Å². The Kier molecular flexibility index (Phi) is 14.8. The first-order valence-electron chi connectivity index (χ1n) is 7.73. The van der Waals surface area contributed by atoms with Crippen LogP contribution in [-0.2, 0) is 20.6 Å². The number of hydrogen-bond acceptors (Lipinski definition) is 3. The van der Waals surface area contributed by atoms with Gasteiger partial charge in [0.2, 0.25) is 5.91 Å². The fourth-order valence-electron chi connectivity index (χ4n) is 2.30. The van der Waals surface area contributed by atoms with Crippen LogP contribution in [0.25, 0.3) is 0 Å². The molecule has 0 heterocycles. The number of rotatable bonds is 9. The van der Waals surface area contributed by atoms with Gasteiger partial charge in [-0.2, -0.15) is 0 Å². The number of nitrogens with one attached hydrogen (secondary N) is 2. The minimum absolute atomic E-state index is 0. The van der Waals surface area contributed by atoms with E-state index in [4.69, 9.17) is 0 Å². The summed E-state index contributed by atoms with van der Waals surface area (Å²) in [7, 11) is -3.67. The number of carbonyl (C=O) groups is 2. The SMILES string of the molecule is CC(C)C[C@H](NC(=O)[C@H](Cc1ccccc1)NP(C)(=O)O)C(=O)O.[NaH].[NaH]. The molecule has 10 heteroatoms. The molecular formula is C16H27N2Na2O5P. The zero-order valence-electron chi connectivity index (χ0n) is 14.1. The molecule has 0 aliphatic heterocycles. The molecule has 0 fully saturated rings. The standard InChI is InChI=1S/C16H25N2O5P.2Na.2H/c1-11(2)9-14(16(20)21)17-15(19)13(18-24(3,22)23)10-12-7-5-4-6-8-12;;;;/h4-8,11,13-14H,9-10H2,1-3H3,(H,17,19)(H,20,21)(H2,18,22,23);;;;/t13-,14-;;;;/m0..../s1. The summed E-state index contributed by atoms with van der Waals surface area (Å²) in [5.74, 6) is -1.65. The Hall–Kier alpha value is 0.310. The van der Waals surface area contributed by atoms with Crippen LogP contribution in [0.4, 0.5) is 0 Å². The summed E-state index contributed by atoms with van der Waals surface area (Å²) in [6.07, 6.45) is 0.459. The van der Waals surface area contributed by atoms with Crippen LogP contribution in [0.2, 0.25) is 0 Å². The van der Waals surface area contributed by atoms with Gasteiger partial charge in [0.1, 0.15) is 6.04 Å². The van der Waals surface area contributed by atoms with E-state index in [2.05, 4.69) is 10.4 Å². The molecule has 26 heavy (non-hydrogen) atoms. The van der Waals surface area contributed by atoms with Crippen LogP contribution < -0.4 is 10.4 Å². The molecule has 3 atom stereocenters. The number of carboxylic acid groups (broad SMARTS) is 1. The molecule has 1 aromatic carbocycles. The molecule has 0 aliphatic carbocycles. The fourth-order valence-corrected chi connectivity index (χ4v) is 3.09. The van der Waals surface area contributed by atoms with E-state index >= 15 is 0 Å². The molecular weight excluding hydrogens is 377 g/mol. The second-order valence-electron chi connectivity index (χ2n) is 6.28. The molecule has 0 aromatic heterocycles. The molecule has 4 N–H and O–H groups in total. The van der Waals surface area contributed by atoms with Crippen molar-refractivity contribution < 1.29 is 24.2 Å². The molecule has 1 rings (SSSR count). The van der Waals surface area contributed by atoms with E-state index in [0.717, 1.165) is 12.2 Å². The van der Waals surface area contributed by atoms with E-state index in [1.54, 1.807) is 24.3 Å². The maximum atomic E-state index is 12.5. The predicted molar refractivity (Wildman–Crippen MR) is 106 cm³/mol. The summed E-state index contributed by atoms with van der Waals surface area (Å²) in [5.41, 5.74) is 0.800. The van der Waals surface area contributed by atoms with E-state index in [1.807, 2.05) is 19.9 Å². The van der Waals surface area contributed by atoms with Gasteiger partial charge < -0.3 is 15.3 Å². The molecule has 138 valence electrons. The van der Waals surface area contributed by atoms with Crippen molar-refractivity contribution >= 4 is 78.5 Å². The summed E-state index contributed by atoms with van der Waals surface area (Å²) >= 11 is 0. The number of carboxylic acids is 1. The Bertz CT molecular complexity index is 610. The number of carbonyl (C=O) groups excluding carboxylic acids is 1. The van der Waals surface area contributed by atoms with Crippen LogP contribution in [0.1, 0.15) is 25.8 Å². The van der Waals surface area contributed by atoms with Gasteiger partial charge in [0.05, 0.1) is 6.04 Å². The van der Waals surface area contributed by atoms with E-state index in [0.29, 0.717) is 0 Å². The van der Waals surface area contributed by atoms with Gasteiger partial charge in [-0.15, -0.1) is 0 Å². The average Bonchev–Trinajstić information content (AvgIpc) is 2.45. The van der Waals surface area contributed by atoms with Crippen molar-refractivity contribution in [1.82, 2.24) is 10.4 Å². The third kappa shape index (κ3) is 11.9. The van der Waals surface area contributed by atoms with Crippen molar-refractivity contribution in [3.63, 3.8) is 0 Å². The number of benzene rings is 1. The summed E-state index contributed by atoms with van der Waals surface area (Å²) < 4.78 is 11.7. The van der Waals surface area contributed by atoms with Crippen LogP contribution in [0.15, 0.2) is 30.3 Å². The van der Waals surface area contributed by atoms with Gasteiger partial charge >= 0.3 is 65.1 Å². The molecule has 1 amide bonds. The normalized spacial score (nSPS) is 15.0. The summed E-state index contributed by atoms with van der Waals surface area (Å²) in [4.78, 5) is 33.3. The second-order valence-corrected chi connectivity index (χ2v) is 8.30. The zero-order chi connectivity index (χ0) is 18.3. The van der Waals surface area contributed by atoms with Crippen LogP contribution in [0.5, 0.6) is 0 Å². The summed E-state index contributed by atoms with van der Waals surface area (Å²) in [6.45, 7) is 4.81. The van der Waals surface area contributed by atoms with Gasteiger partial charge in [-0.25, -0.2) is 9.88 Å². The van der Waals surface area contributed by atoms with Gasteiger partial charge in [0, 0.05) is 6.66 Å². The van der Waals surface area contributed by atoms with Gasteiger partial charge in [-0.1, -0.05) is 44.2 Å². The topological polar surface area (TPSA) is 116 Å². The quantitative estimate of drug-likeness (QED) is 0.348. The molecule has 0 aliphatic rings.